The zero-order valence-corrected chi connectivity index (χ0v) is 17.7. The van der Waals surface area contributed by atoms with Crippen molar-refractivity contribution in [3.05, 3.63) is 82.1 Å². The summed E-state index contributed by atoms with van der Waals surface area (Å²) in [5.41, 5.74) is 2.61. The van der Waals surface area contributed by atoms with E-state index in [0.717, 1.165) is 44.3 Å². The highest BCUT2D eigenvalue weighted by Gasteiger charge is 2.22. The Balaban J connectivity index is 1.50. The van der Waals surface area contributed by atoms with Gasteiger partial charge >= 0.3 is 0 Å². The van der Waals surface area contributed by atoms with Crippen molar-refractivity contribution in [3.63, 3.8) is 0 Å². The molecule has 3 rings (SSSR count). The third-order valence-corrected chi connectivity index (χ3v) is 5.61. The number of hydrogen-bond donors (Lipinski definition) is 0. The van der Waals surface area contributed by atoms with Gasteiger partial charge < -0.3 is 4.74 Å². The van der Waals surface area contributed by atoms with E-state index in [-0.39, 0.29) is 5.82 Å². The van der Waals surface area contributed by atoms with E-state index in [1.807, 2.05) is 12.1 Å². The average Bonchev–Trinajstić information content (AvgIpc) is 2.74. The van der Waals surface area contributed by atoms with Crippen LogP contribution in [0.4, 0.5) is 4.39 Å². The quantitative estimate of drug-likeness (QED) is 0.359. The van der Waals surface area contributed by atoms with Gasteiger partial charge in [0.15, 0.2) is 0 Å². The molecular formula is C26H28ClFO. The highest BCUT2D eigenvalue weighted by molar-refractivity contribution is 6.30. The Morgan fingerprint density at radius 1 is 1.03 bits per heavy atom. The number of allylic oxidation sites excluding steroid dienone is 1. The van der Waals surface area contributed by atoms with Gasteiger partial charge in [-0.25, -0.2) is 4.39 Å². The van der Waals surface area contributed by atoms with Gasteiger partial charge in [-0.1, -0.05) is 61.1 Å². The van der Waals surface area contributed by atoms with E-state index in [1.165, 1.54) is 18.1 Å². The summed E-state index contributed by atoms with van der Waals surface area (Å²) in [5.74, 6) is 6.12. The maximum absolute atomic E-state index is 13.8. The molecule has 2 aromatic carbocycles. The van der Waals surface area contributed by atoms with Crippen LogP contribution in [-0.4, -0.2) is 12.7 Å². The molecule has 0 amide bonds. The second-order valence-corrected chi connectivity index (χ2v) is 8.00. The molecule has 0 radical (unpaired) electrons. The molecule has 1 saturated carbocycles. The van der Waals surface area contributed by atoms with Crippen molar-refractivity contribution in [1.29, 1.82) is 0 Å². The van der Waals surface area contributed by atoms with Crippen molar-refractivity contribution in [2.75, 3.05) is 6.61 Å². The fourth-order valence-electron chi connectivity index (χ4n) is 3.68. The van der Waals surface area contributed by atoms with E-state index in [4.69, 9.17) is 16.3 Å². The molecule has 152 valence electrons. The molecule has 0 bridgehead atoms. The van der Waals surface area contributed by atoms with Gasteiger partial charge in [0.25, 0.3) is 0 Å². The lowest BCUT2D eigenvalue weighted by Gasteiger charge is -2.28. The van der Waals surface area contributed by atoms with E-state index in [0.29, 0.717) is 22.6 Å². The Morgan fingerprint density at radius 2 is 1.79 bits per heavy atom. The number of benzene rings is 2. The van der Waals surface area contributed by atoms with Crippen molar-refractivity contribution < 1.29 is 9.13 Å². The third-order valence-electron chi connectivity index (χ3n) is 5.38. The number of unbranched alkanes of at least 4 members (excludes halogenated alkanes) is 1. The van der Waals surface area contributed by atoms with E-state index in [1.54, 1.807) is 12.1 Å². The Labute approximate surface area is 178 Å². The molecule has 1 aliphatic carbocycles. The van der Waals surface area contributed by atoms with Crippen molar-refractivity contribution in [3.8, 4) is 11.8 Å². The van der Waals surface area contributed by atoms with Crippen LogP contribution in [0.5, 0.6) is 0 Å². The van der Waals surface area contributed by atoms with Crippen LogP contribution in [0.25, 0.3) is 0 Å². The lowest BCUT2D eigenvalue weighted by Crippen LogP contribution is -2.20. The van der Waals surface area contributed by atoms with Crippen LogP contribution < -0.4 is 0 Å². The van der Waals surface area contributed by atoms with Crippen LogP contribution in [0.2, 0.25) is 5.02 Å². The minimum atomic E-state index is -0.388. The van der Waals surface area contributed by atoms with Crippen LogP contribution in [0, 0.1) is 17.7 Å². The normalized spacial score (nSPS) is 19.1. The first-order valence-electron chi connectivity index (χ1n) is 10.5. The second-order valence-electron chi connectivity index (χ2n) is 7.56. The van der Waals surface area contributed by atoms with Gasteiger partial charge in [-0.2, -0.15) is 0 Å². The van der Waals surface area contributed by atoms with E-state index in [9.17, 15) is 4.39 Å². The van der Waals surface area contributed by atoms with Crippen molar-refractivity contribution >= 4 is 11.6 Å². The van der Waals surface area contributed by atoms with Gasteiger partial charge in [0.1, 0.15) is 5.82 Å². The molecule has 2 aromatic rings. The SMILES string of the molecule is CCCC=CCOC1CCC(c2ccc(C#Cc3ccc(Cl)cc3F)cc2)CC1. The van der Waals surface area contributed by atoms with Crippen molar-refractivity contribution in [2.45, 2.75) is 57.5 Å². The Bertz CT molecular complexity index is 868. The smallest absolute Gasteiger partial charge is 0.140 e. The summed E-state index contributed by atoms with van der Waals surface area (Å²) in [6.07, 6.45) is 11.6. The highest BCUT2D eigenvalue weighted by atomic mass is 35.5. The van der Waals surface area contributed by atoms with E-state index < -0.39 is 0 Å². The van der Waals surface area contributed by atoms with Crippen LogP contribution in [0.3, 0.4) is 0 Å². The fourth-order valence-corrected chi connectivity index (χ4v) is 3.83. The molecule has 0 atom stereocenters. The van der Waals surface area contributed by atoms with Crippen molar-refractivity contribution in [2.24, 2.45) is 0 Å². The highest BCUT2D eigenvalue weighted by Crippen LogP contribution is 2.34. The first kappa shape index (κ1) is 21.6. The van der Waals surface area contributed by atoms with Crippen molar-refractivity contribution in [1.82, 2.24) is 0 Å². The number of hydrogen-bond acceptors (Lipinski definition) is 1. The molecule has 0 aromatic heterocycles. The summed E-state index contributed by atoms with van der Waals surface area (Å²) in [6, 6.07) is 12.9. The lowest BCUT2D eigenvalue weighted by molar-refractivity contribution is 0.0422. The first-order valence-corrected chi connectivity index (χ1v) is 10.9. The average molecular weight is 411 g/mol. The van der Waals surface area contributed by atoms with Gasteiger partial charge in [-0.3, -0.25) is 0 Å². The number of rotatable bonds is 6. The molecule has 0 heterocycles. The zero-order valence-electron chi connectivity index (χ0n) is 17.0. The monoisotopic (exact) mass is 410 g/mol. The second kappa shape index (κ2) is 11.2. The molecule has 0 spiro atoms. The molecular weight excluding hydrogens is 383 g/mol. The first-order chi connectivity index (χ1) is 14.2. The van der Waals surface area contributed by atoms with Crippen LogP contribution >= 0.6 is 11.6 Å². The Hall–Kier alpha value is -2.08. The Kier molecular flexibility index (Phi) is 8.35. The lowest BCUT2D eigenvalue weighted by atomic mass is 9.82. The fraction of sp³-hybridized carbons (Fsp3) is 0.385. The summed E-state index contributed by atoms with van der Waals surface area (Å²) in [7, 11) is 0. The molecule has 0 unspecified atom stereocenters. The third kappa shape index (κ3) is 6.74. The van der Waals surface area contributed by atoms with Gasteiger partial charge in [0.2, 0.25) is 0 Å². The van der Waals surface area contributed by atoms with Crippen LogP contribution in [0.1, 0.15) is 68.1 Å². The standard InChI is InChI=1S/C26H28ClFO/c1-2-3-4-5-18-29-25-16-13-22(14-17-25)21-9-6-20(7-10-21)8-11-23-12-15-24(27)19-26(23)28/h4-7,9-10,12,15,19,22,25H,2-3,13-14,16-18H2,1H3. The zero-order chi connectivity index (χ0) is 20.5. The molecule has 0 aliphatic heterocycles. The molecule has 1 fully saturated rings. The minimum absolute atomic E-state index is 0.362. The summed E-state index contributed by atoms with van der Waals surface area (Å²) in [4.78, 5) is 0. The van der Waals surface area contributed by atoms with Crippen LogP contribution in [0.15, 0.2) is 54.6 Å². The van der Waals surface area contributed by atoms with Gasteiger partial charge in [0, 0.05) is 10.6 Å². The Morgan fingerprint density at radius 3 is 2.48 bits per heavy atom. The van der Waals surface area contributed by atoms with Crippen LogP contribution in [-0.2, 0) is 4.74 Å². The number of halogens is 2. The molecule has 0 saturated heterocycles. The van der Waals surface area contributed by atoms with E-state index in [2.05, 4.69) is 43.0 Å². The maximum atomic E-state index is 13.8. The maximum Gasteiger partial charge on any atom is 0.140 e. The summed E-state index contributed by atoms with van der Waals surface area (Å²) in [6.45, 7) is 2.92. The molecule has 1 nitrogen and oxygen atoms in total. The summed E-state index contributed by atoms with van der Waals surface area (Å²) in [5, 5.41) is 0.380. The van der Waals surface area contributed by atoms with E-state index >= 15 is 0 Å². The summed E-state index contributed by atoms with van der Waals surface area (Å²) < 4.78 is 19.8. The van der Waals surface area contributed by atoms with Gasteiger partial charge in [0.05, 0.1) is 18.3 Å². The minimum Gasteiger partial charge on any atom is -0.374 e. The molecule has 0 N–H and O–H groups in total. The predicted octanol–water partition coefficient (Wildman–Crippen LogP) is 7.28. The van der Waals surface area contributed by atoms with Gasteiger partial charge in [-0.05, 0) is 73.9 Å². The number of ether oxygens (including phenoxy) is 1. The predicted molar refractivity (Wildman–Crippen MR) is 119 cm³/mol. The van der Waals surface area contributed by atoms with Gasteiger partial charge in [-0.15, -0.1) is 0 Å². The summed E-state index contributed by atoms with van der Waals surface area (Å²) >= 11 is 5.78. The topological polar surface area (TPSA) is 9.23 Å². The molecule has 3 heteroatoms. The molecule has 1 aliphatic rings. The molecule has 29 heavy (non-hydrogen) atoms. The largest absolute Gasteiger partial charge is 0.374 e.